The van der Waals surface area contributed by atoms with Gasteiger partial charge in [-0.3, -0.25) is 9.69 Å². The third-order valence-electron chi connectivity index (χ3n) is 2.55. The molecule has 0 aromatic rings. The van der Waals surface area contributed by atoms with Crippen LogP contribution in [0.15, 0.2) is 0 Å². The third-order valence-corrected chi connectivity index (χ3v) is 2.55. The molecule has 5 nitrogen and oxygen atoms in total. The van der Waals surface area contributed by atoms with Crippen LogP contribution in [0.25, 0.3) is 0 Å². The molecular formula is C8H11NO4. The first-order valence-corrected chi connectivity index (χ1v) is 4.29. The van der Waals surface area contributed by atoms with Crippen LogP contribution in [0.4, 0.5) is 4.79 Å². The minimum Gasteiger partial charge on any atom is -0.465 e. The molecule has 0 spiro atoms. The van der Waals surface area contributed by atoms with Gasteiger partial charge in [0.2, 0.25) is 0 Å². The van der Waals surface area contributed by atoms with Crippen molar-refractivity contribution in [1.82, 2.24) is 4.90 Å². The van der Waals surface area contributed by atoms with Gasteiger partial charge in [-0.1, -0.05) is 0 Å². The zero-order chi connectivity index (χ0) is 9.42. The molecule has 2 aliphatic heterocycles. The Kier molecular flexibility index (Phi) is 1.95. The summed E-state index contributed by atoms with van der Waals surface area (Å²) >= 11 is 0. The van der Waals surface area contributed by atoms with Crippen molar-refractivity contribution in [1.29, 1.82) is 0 Å². The van der Waals surface area contributed by atoms with Gasteiger partial charge in [0.15, 0.2) is 0 Å². The molecule has 2 saturated heterocycles. The highest BCUT2D eigenvalue weighted by atomic mass is 16.5. The third kappa shape index (κ3) is 1.39. The van der Waals surface area contributed by atoms with Gasteiger partial charge >= 0.3 is 6.09 Å². The number of hydrogen-bond acceptors (Lipinski definition) is 3. The Morgan fingerprint density at radius 1 is 1.38 bits per heavy atom. The predicted octanol–water partition coefficient (Wildman–Crippen LogP) is 0.0967. The van der Waals surface area contributed by atoms with Crippen LogP contribution in [0.5, 0.6) is 0 Å². The largest absolute Gasteiger partial charge is 0.465 e. The van der Waals surface area contributed by atoms with Crippen LogP contribution in [0.1, 0.15) is 12.8 Å². The van der Waals surface area contributed by atoms with Crippen LogP contribution in [0, 0.1) is 0 Å². The molecule has 13 heavy (non-hydrogen) atoms. The fraction of sp³-hybridized carbons (Fsp3) is 0.750. The standard InChI is InChI=1S/C8H11NO4/c10-7-1-5-3-13-4-6(2-7)9(5)8(11)12/h5-6H,1-4H2,(H,11,12)/t5-,6+. The number of rotatable bonds is 0. The molecule has 0 aromatic carbocycles. The number of ether oxygens (including phenoxy) is 1. The second kappa shape index (κ2) is 2.99. The number of hydrogen-bond donors (Lipinski definition) is 1. The van der Waals surface area contributed by atoms with E-state index < -0.39 is 6.09 Å². The maximum atomic E-state index is 11.2. The molecule has 5 heteroatoms. The number of amides is 1. The first-order valence-electron chi connectivity index (χ1n) is 4.29. The van der Waals surface area contributed by atoms with E-state index in [1.54, 1.807) is 0 Å². The van der Waals surface area contributed by atoms with Crippen molar-refractivity contribution in [3.8, 4) is 0 Å². The number of fused-ring (bicyclic) bond motifs is 2. The van der Waals surface area contributed by atoms with Crippen molar-refractivity contribution in [3.63, 3.8) is 0 Å². The van der Waals surface area contributed by atoms with Crippen molar-refractivity contribution in [3.05, 3.63) is 0 Å². The van der Waals surface area contributed by atoms with Crippen LogP contribution >= 0.6 is 0 Å². The molecular weight excluding hydrogens is 174 g/mol. The topological polar surface area (TPSA) is 66.8 Å². The maximum Gasteiger partial charge on any atom is 0.407 e. The van der Waals surface area contributed by atoms with Crippen molar-refractivity contribution >= 4 is 11.9 Å². The van der Waals surface area contributed by atoms with E-state index in [4.69, 9.17) is 9.84 Å². The van der Waals surface area contributed by atoms with Gasteiger partial charge in [0.25, 0.3) is 0 Å². The van der Waals surface area contributed by atoms with Gasteiger partial charge in [-0.05, 0) is 0 Å². The Morgan fingerprint density at radius 3 is 2.38 bits per heavy atom. The van der Waals surface area contributed by atoms with Gasteiger partial charge in [0.1, 0.15) is 5.78 Å². The molecule has 1 N–H and O–H groups in total. The molecule has 2 rings (SSSR count). The first-order chi connectivity index (χ1) is 6.18. The number of ketones is 1. The van der Waals surface area contributed by atoms with Crippen LogP contribution in [-0.4, -0.2) is 47.2 Å². The lowest BCUT2D eigenvalue weighted by Gasteiger charge is -2.43. The minimum absolute atomic E-state index is 0.149. The summed E-state index contributed by atoms with van der Waals surface area (Å²) in [5, 5.41) is 8.89. The Morgan fingerprint density at radius 2 is 1.92 bits per heavy atom. The van der Waals surface area contributed by atoms with E-state index in [1.165, 1.54) is 4.90 Å². The SMILES string of the molecule is O=C1C[C@H]2COC[C@@H](C1)N2C(=O)O. The molecule has 72 valence electrons. The molecule has 2 bridgehead atoms. The number of carbonyl (C=O) groups is 2. The monoisotopic (exact) mass is 185 g/mol. The van der Waals surface area contributed by atoms with E-state index in [9.17, 15) is 9.59 Å². The summed E-state index contributed by atoms with van der Waals surface area (Å²) in [4.78, 5) is 23.4. The zero-order valence-electron chi connectivity index (χ0n) is 7.10. The van der Waals surface area contributed by atoms with Gasteiger partial charge in [0, 0.05) is 12.8 Å². The average molecular weight is 185 g/mol. The highest BCUT2D eigenvalue weighted by molar-refractivity contribution is 5.83. The van der Waals surface area contributed by atoms with Crippen LogP contribution in [0.2, 0.25) is 0 Å². The number of Topliss-reactive ketones (excluding diaryl/α,β-unsaturated/α-hetero) is 1. The number of morpholine rings is 1. The van der Waals surface area contributed by atoms with Gasteiger partial charge in [0.05, 0.1) is 25.3 Å². The Labute approximate surface area is 75.3 Å². The fourth-order valence-electron chi connectivity index (χ4n) is 2.03. The summed E-state index contributed by atoms with van der Waals surface area (Å²) in [6.07, 6.45) is -0.322. The molecule has 2 atom stereocenters. The van der Waals surface area contributed by atoms with E-state index in [0.717, 1.165) is 0 Å². The summed E-state index contributed by atoms with van der Waals surface area (Å²) in [6, 6.07) is -0.505. The first kappa shape index (κ1) is 8.50. The number of carboxylic acid groups (broad SMARTS) is 1. The molecule has 0 aliphatic carbocycles. The summed E-state index contributed by atoms with van der Waals surface area (Å²) in [6.45, 7) is 0.711. The Bertz CT molecular complexity index is 237. The minimum atomic E-state index is -0.939. The smallest absolute Gasteiger partial charge is 0.407 e. The van der Waals surface area contributed by atoms with E-state index in [2.05, 4.69) is 0 Å². The summed E-state index contributed by atoms with van der Waals surface area (Å²) < 4.78 is 5.21. The summed E-state index contributed by atoms with van der Waals surface area (Å²) in [7, 11) is 0. The molecule has 0 saturated carbocycles. The highest BCUT2D eigenvalue weighted by Gasteiger charge is 2.40. The van der Waals surface area contributed by atoms with Gasteiger partial charge < -0.3 is 9.84 Å². The normalized spacial score (nSPS) is 33.2. The lowest BCUT2D eigenvalue weighted by atomic mass is 9.94. The fourth-order valence-corrected chi connectivity index (χ4v) is 2.03. The molecule has 2 fully saturated rings. The number of nitrogens with zero attached hydrogens (tertiary/aromatic N) is 1. The Balaban J connectivity index is 2.19. The molecule has 2 aliphatic rings. The van der Waals surface area contributed by atoms with Crippen molar-refractivity contribution in [2.24, 2.45) is 0 Å². The van der Waals surface area contributed by atoms with Crippen molar-refractivity contribution in [2.75, 3.05) is 13.2 Å². The molecule has 0 unspecified atom stereocenters. The predicted molar refractivity (Wildman–Crippen MR) is 42.5 cm³/mol. The lowest BCUT2D eigenvalue weighted by molar-refractivity contribution is -0.132. The highest BCUT2D eigenvalue weighted by Crippen LogP contribution is 2.25. The molecule has 0 radical (unpaired) electrons. The van der Waals surface area contributed by atoms with Crippen molar-refractivity contribution in [2.45, 2.75) is 24.9 Å². The molecule has 0 aromatic heterocycles. The quantitative estimate of drug-likeness (QED) is 0.581. The van der Waals surface area contributed by atoms with Gasteiger partial charge in [-0.2, -0.15) is 0 Å². The van der Waals surface area contributed by atoms with E-state index >= 15 is 0 Å². The molecule has 1 amide bonds. The van der Waals surface area contributed by atoms with E-state index in [1.807, 2.05) is 0 Å². The second-order valence-electron chi connectivity index (χ2n) is 3.48. The van der Waals surface area contributed by atoms with Crippen LogP contribution < -0.4 is 0 Å². The lowest BCUT2D eigenvalue weighted by Crippen LogP contribution is -2.58. The molecule has 2 heterocycles. The maximum absolute atomic E-state index is 11.2. The van der Waals surface area contributed by atoms with Gasteiger partial charge in [-0.25, -0.2) is 4.79 Å². The van der Waals surface area contributed by atoms with Gasteiger partial charge in [-0.15, -0.1) is 0 Å². The van der Waals surface area contributed by atoms with E-state index in [-0.39, 0.29) is 17.9 Å². The zero-order valence-corrected chi connectivity index (χ0v) is 7.10. The Hall–Kier alpha value is -1.10. The van der Waals surface area contributed by atoms with Crippen LogP contribution in [0.3, 0.4) is 0 Å². The number of carbonyl (C=O) groups excluding carboxylic acids is 1. The van der Waals surface area contributed by atoms with Crippen molar-refractivity contribution < 1.29 is 19.4 Å². The second-order valence-corrected chi connectivity index (χ2v) is 3.48. The summed E-state index contributed by atoms with van der Waals surface area (Å²) in [5.74, 6) is 0.149. The summed E-state index contributed by atoms with van der Waals surface area (Å²) in [5.41, 5.74) is 0. The van der Waals surface area contributed by atoms with E-state index in [0.29, 0.717) is 26.1 Å². The number of piperidine rings is 1. The average Bonchev–Trinajstić information content (AvgIpc) is 2.01. The van der Waals surface area contributed by atoms with Crippen LogP contribution in [-0.2, 0) is 9.53 Å².